The zero-order chi connectivity index (χ0) is 15.1. The smallest absolute Gasteiger partial charge is 0.0562 e. The van der Waals surface area contributed by atoms with Crippen LogP contribution >= 0.6 is 0 Å². The van der Waals surface area contributed by atoms with Crippen LogP contribution in [0.3, 0.4) is 0 Å². The Kier molecular flexibility index (Phi) is 6.46. The Morgan fingerprint density at radius 2 is 2.00 bits per heavy atom. The first-order chi connectivity index (χ1) is 10.2. The average molecular weight is 290 g/mol. The molecular formula is C17H30N4. The number of nitrogens with one attached hydrogen (secondary N) is 1. The molecule has 0 amide bonds. The van der Waals surface area contributed by atoms with Gasteiger partial charge in [0.05, 0.1) is 5.69 Å². The highest BCUT2D eigenvalue weighted by atomic mass is 15.3. The highest BCUT2D eigenvalue weighted by Crippen LogP contribution is 2.18. The van der Waals surface area contributed by atoms with E-state index in [9.17, 15) is 0 Å². The Bertz CT molecular complexity index is 413. The molecule has 4 nitrogen and oxygen atoms in total. The van der Waals surface area contributed by atoms with E-state index in [1.807, 2.05) is 6.20 Å². The van der Waals surface area contributed by atoms with Crippen LogP contribution in [0.4, 0.5) is 5.69 Å². The maximum atomic E-state index is 4.46. The lowest BCUT2D eigenvalue weighted by atomic mass is 10.1. The highest BCUT2D eigenvalue weighted by molar-refractivity contribution is 5.47. The summed E-state index contributed by atoms with van der Waals surface area (Å²) < 4.78 is 0. The molecule has 1 aromatic heterocycles. The van der Waals surface area contributed by atoms with Crippen LogP contribution in [0, 0.1) is 0 Å². The van der Waals surface area contributed by atoms with Gasteiger partial charge in [0, 0.05) is 50.6 Å². The second-order valence-corrected chi connectivity index (χ2v) is 5.96. The van der Waals surface area contributed by atoms with E-state index in [-0.39, 0.29) is 0 Å². The first kappa shape index (κ1) is 16.2. The van der Waals surface area contributed by atoms with E-state index in [1.54, 1.807) is 0 Å². The molecule has 1 aliphatic heterocycles. The predicted molar refractivity (Wildman–Crippen MR) is 89.8 cm³/mol. The first-order valence-corrected chi connectivity index (χ1v) is 8.39. The fourth-order valence-corrected chi connectivity index (χ4v) is 2.83. The molecule has 2 rings (SSSR count). The van der Waals surface area contributed by atoms with Gasteiger partial charge in [0.25, 0.3) is 0 Å². The van der Waals surface area contributed by atoms with Crippen molar-refractivity contribution >= 4 is 5.69 Å². The van der Waals surface area contributed by atoms with Gasteiger partial charge < -0.3 is 10.2 Å². The third-order valence-corrected chi connectivity index (χ3v) is 4.43. The molecule has 1 aliphatic rings. The molecule has 1 fully saturated rings. The zero-order valence-corrected chi connectivity index (χ0v) is 13.8. The van der Waals surface area contributed by atoms with E-state index in [4.69, 9.17) is 0 Å². The van der Waals surface area contributed by atoms with Gasteiger partial charge in [0.15, 0.2) is 0 Å². The lowest BCUT2D eigenvalue weighted by Gasteiger charge is -2.39. The van der Waals surface area contributed by atoms with E-state index in [2.05, 4.69) is 53.0 Å². The van der Waals surface area contributed by atoms with E-state index in [1.165, 1.54) is 25.2 Å². The van der Waals surface area contributed by atoms with Crippen LogP contribution in [0.15, 0.2) is 18.3 Å². The Morgan fingerprint density at radius 3 is 2.67 bits per heavy atom. The van der Waals surface area contributed by atoms with E-state index < -0.39 is 0 Å². The van der Waals surface area contributed by atoms with Crippen LogP contribution in [-0.2, 0) is 6.54 Å². The summed E-state index contributed by atoms with van der Waals surface area (Å²) in [6, 6.07) is 5.09. The normalized spacial score (nSPS) is 18.0. The minimum absolute atomic E-state index is 0.707. The Balaban J connectivity index is 1.89. The molecule has 0 spiro atoms. The summed E-state index contributed by atoms with van der Waals surface area (Å²) in [5.41, 5.74) is 2.47. The number of rotatable bonds is 7. The van der Waals surface area contributed by atoms with Gasteiger partial charge in [-0.1, -0.05) is 13.8 Å². The topological polar surface area (TPSA) is 31.4 Å². The molecule has 1 atom stereocenters. The fraction of sp³-hybridized carbons (Fsp3) is 0.706. The predicted octanol–water partition coefficient (Wildman–Crippen LogP) is 2.50. The molecule has 0 radical (unpaired) electrons. The monoisotopic (exact) mass is 290 g/mol. The van der Waals surface area contributed by atoms with Crippen LogP contribution in [-0.4, -0.2) is 48.6 Å². The molecular weight excluding hydrogens is 260 g/mol. The van der Waals surface area contributed by atoms with Gasteiger partial charge in [-0.25, -0.2) is 0 Å². The van der Waals surface area contributed by atoms with Crippen molar-refractivity contribution in [1.29, 1.82) is 0 Å². The minimum atomic E-state index is 0.707. The van der Waals surface area contributed by atoms with Crippen molar-refractivity contribution < 1.29 is 0 Å². The third kappa shape index (κ3) is 4.68. The summed E-state index contributed by atoms with van der Waals surface area (Å²) in [6.45, 7) is 13.3. The summed E-state index contributed by atoms with van der Waals surface area (Å²) in [5.74, 6) is 0. The first-order valence-electron chi connectivity index (χ1n) is 8.39. The van der Waals surface area contributed by atoms with Gasteiger partial charge >= 0.3 is 0 Å². The standard InChI is InChI=1S/C17H30N4/c1-4-7-18-14-16-13-17(6-8-19-16)21-11-9-20(10-12-21)15(3)5-2/h6,8,13,15,18H,4-5,7,9-12,14H2,1-3H3. The Labute approximate surface area is 129 Å². The summed E-state index contributed by atoms with van der Waals surface area (Å²) in [4.78, 5) is 9.55. The largest absolute Gasteiger partial charge is 0.369 e. The number of hydrogen-bond donors (Lipinski definition) is 1. The van der Waals surface area contributed by atoms with Gasteiger partial charge in [-0.15, -0.1) is 0 Å². The SMILES string of the molecule is CCCNCc1cc(N2CCN(C(C)CC)CC2)ccn1. The van der Waals surface area contributed by atoms with Gasteiger partial charge in [0.1, 0.15) is 0 Å². The summed E-state index contributed by atoms with van der Waals surface area (Å²) in [5, 5.41) is 3.42. The Hall–Kier alpha value is -1.13. The van der Waals surface area contributed by atoms with Crippen LogP contribution in [0.1, 0.15) is 39.3 Å². The molecule has 1 N–H and O–H groups in total. The fourth-order valence-electron chi connectivity index (χ4n) is 2.83. The van der Waals surface area contributed by atoms with Crippen molar-refractivity contribution in [3.8, 4) is 0 Å². The minimum Gasteiger partial charge on any atom is -0.369 e. The van der Waals surface area contributed by atoms with Crippen molar-refractivity contribution in [2.75, 3.05) is 37.6 Å². The molecule has 2 heterocycles. The lowest BCUT2D eigenvalue weighted by molar-refractivity contribution is 0.193. The van der Waals surface area contributed by atoms with Crippen LogP contribution < -0.4 is 10.2 Å². The number of hydrogen-bond acceptors (Lipinski definition) is 4. The molecule has 4 heteroatoms. The maximum absolute atomic E-state index is 4.46. The summed E-state index contributed by atoms with van der Waals surface area (Å²) in [6.07, 6.45) is 4.35. The van der Waals surface area contributed by atoms with Gasteiger partial charge in [-0.3, -0.25) is 9.88 Å². The van der Waals surface area contributed by atoms with Crippen molar-refractivity contribution in [2.24, 2.45) is 0 Å². The van der Waals surface area contributed by atoms with Crippen molar-refractivity contribution in [2.45, 2.75) is 46.2 Å². The van der Waals surface area contributed by atoms with Gasteiger partial charge in [-0.05, 0) is 38.4 Å². The number of pyridine rings is 1. The molecule has 0 bridgehead atoms. The van der Waals surface area contributed by atoms with Crippen molar-refractivity contribution in [3.05, 3.63) is 24.0 Å². The van der Waals surface area contributed by atoms with E-state index in [0.717, 1.165) is 38.3 Å². The number of nitrogens with zero attached hydrogens (tertiary/aromatic N) is 3. The zero-order valence-electron chi connectivity index (χ0n) is 13.8. The average Bonchev–Trinajstić information content (AvgIpc) is 2.55. The molecule has 1 aromatic rings. The Morgan fingerprint density at radius 1 is 1.24 bits per heavy atom. The van der Waals surface area contributed by atoms with Gasteiger partial charge in [-0.2, -0.15) is 0 Å². The second kappa shape index (κ2) is 8.35. The molecule has 0 saturated carbocycles. The van der Waals surface area contributed by atoms with Gasteiger partial charge in [0.2, 0.25) is 0 Å². The molecule has 1 saturated heterocycles. The van der Waals surface area contributed by atoms with Crippen molar-refractivity contribution in [1.82, 2.24) is 15.2 Å². The number of anilines is 1. The molecule has 118 valence electrons. The number of piperazine rings is 1. The summed E-state index contributed by atoms with van der Waals surface area (Å²) >= 11 is 0. The maximum Gasteiger partial charge on any atom is 0.0562 e. The number of aromatic nitrogens is 1. The van der Waals surface area contributed by atoms with E-state index in [0.29, 0.717) is 6.04 Å². The molecule has 0 aromatic carbocycles. The van der Waals surface area contributed by atoms with Crippen LogP contribution in [0.2, 0.25) is 0 Å². The van der Waals surface area contributed by atoms with E-state index >= 15 is 0 Å². The quantitative estimate of drug-likeness (QED) is 0.782. The molecule has 0 aliphatic carbocycles. The second-order valence-electron chi connectivity index (χ2n) is 5.96. The summed E-state index contributed by atoms with van der Waals surface area (Å²) in [7, 11) is 0. The van der Waals surface area contributed by atoms with Crippen molar-refractivity contribution in [3.63, 3.8) is 0 Å². The third-order valence-electron chi connectivity index (χ3n) is 4.43. The highest BCUT2D eigenvalue weighted by Gasteiger charge is 2.20. The lowest BCUT2D eigenvalue weighted by Crippen LogP contribution is -2.49. The van der Waals surface area contributed by atoms with Crippen LogP contribution in [0.25, 0.3) is 0 Å². The molecule has 21 heavy (non-hydrogen) atoms. The molecule has 1 unspecified atom stereocenters. The van der Waals surface area contributed by atoms with Crippen LogP contribution in [0.5, 0.6) is 0 Å².